The van der Waals surface area contributed by atoms with Crippen LogP contribution in [0.3, 0.4) is 0 Å². The topological polar surface area (TPSA) is 102 Å². The molecule has 0 aliphatic carbocycles. The highest BCUT2D eigenvalue weighted by Crippen LogP contribution is 2.23. The number of carbonyl (C=O) groups excluding carboxylic acids is 1. The van der Waals surface area contributed by atoms with Crippen LogP contribution in [0.15, 0.2) is 48.5 Å². The number of carboxylic acid groups (broad SMARTS) is 1. The first kappa shape index (κ1) is 20.0. The van der Waals surface area contributed by atoms with Gasteiger partial charge in [-0.1, -0.05) is 43.3 Å². The van der Waals surface area contributed by atoms with E-state index in [-0.39, 0.29) is 18.4 Å². The molecule has 0 saturated carbocycles. The van der Waals surface area contributed by atoms with Crippen LogP contribution in [0.2, 0.25) is 0 Å². The number of amides is 2. The summed E-state index contributed by atoms with van der Waals surface area (Å²) in [7, 11) is 0. The van der Waals surface area contributed by atoms with Crippen LogP contribution in [0.5, 0.6) is 0 Å². The summed E-state index contributed by atoms with van der Waals surface area (Å²) in [6.07, 6.45) is 1.07. The third kappa shape index (κ3) is 6.83. The maximum absolute atomic E-state index is 11.7. The molecule has 0 saturated heterocycles. The van der Waals surface area contributed by atoms with Gasteiger partial charge in [0.15, 0.2) is 0 Å². The van der Waals surface area contributed by atoms with E-state index in [4.69, 9.17) is 10.4 Å². The molecule has 6 nitrogen and oxygen atoms in total. The number of hydrogen-bond donors (Lipinski definition) is 3. The van der Waals surface area contributed by atoms with Crippen molar-refractivity contribution in [3.05, 3.63) is 54.1 Å². The van der Waals surface area contributed by atoms with E-state index >= 15 is 0 Å². The smallest absolute Gasteiger partial charge is 0.409 e. The number of hydrogen-bond acceptors (Lipinski definition) is 3. The number of nitrogens with one attached hydrogen (secondary N) is 2. The number of rotatable bonds is 8. The summed E-state index contributed by atoms with van der Waals surface area (Å²) in [5.41, 5.74) is 3.79. The number of carbonyl (C=O) groups is 2. The molecule has 6 heteroatoms. The Balaban J connectivity index is 1.94. The van der Waals surface area contributed by atoms with Crippen molar-refractivity contribution in [1.82, 2.24) is 5.32 Å². The van der Waals surface area contributed by atoms with Gasteiger partial charge in [-0.15, -0.1) is 0 Å². The van der Waals surface area contributed by atoms with Gasteiger partial charge >= 0.3 is 6.09 Å². The van der Waals surface area contributed by atoms with Crippen molar-refractivity contribution in [2.24, 2.45) is 5.92 Å². The number of anilines is 1. The average Bonchev–Trinajstić information content (AvgIpc) is 2.65. The Morgan fingerprint density at radius 3 is 2.56 bits per heavy atom. The lowest BCUT2D eigenvalue weighted by Crippen LogP contribution is -2.25. The molecule has 2 aromatic carbocycles. The highest BCUT2D eigenvalue weighted by Gasteiger charge is 2.09. The van der Waals surface area contributed by atoms with Gasteiger partial charge in [0.25, 0.3) is 0 Å². The van der Waals surface area contributed by atoms with E-state index in [1.807, 2.05) is 37.3 Å². The lowest BCUT2D eigenvalue weighted by Gasteiger charge is -2.11. The van der Waals surface area contributed by atoms with Crippen LogP contribution < -0.4 is 10.6 Å². The minimum Gasteiger partial charge on any atom is -0.465 e. The summed E-state index contributed by atoms with van der Waals surface area (Å²) in [5, 5.41) is 22.1. The molecule has 0 fully saturated rings. The van der Waals surface area contributed by atoms with Crippen LogP contribution in [0.4, 0.5) is 10.5 Å². The lowest BCUT2D eigenvalue weighted by molar-refractivity contribution is -0.121. The zero-order valence-corrected chi connectivity index (χ0v) is 15.2. The first-order chi connectivity index (χ1) is 13.0. The van der Waals surface area contributed by atoms with Gasteiger partial charge in [-0.25, -0.2) is 4.79 Å². The van der Waals surface area contributed by atoms with Crippen molar-refractivity contribution < 1.29 is 14.7 Å². The van der Waals surface area contributed by atoms with E-state index in [1.165, 1.54) is 5.56 Å². The highest BCUT2D eigenvalue weighted by molar-refractivity contribution is 5.83. The molecule has 2 rings (SSSR count). The SMILES string of the molecule is CC(CCc1cccc(-c2ccc(NC(=O)O)cc2)c1)CC(=O)NCC#N. The Morgan fingerprint density at radius 2 is 1.89 bits per heavy atom. The molecule has 0 aromatic heterocycles. The second kappa shape index (κ2) is 9.97. The summed E-state index contributed by atoms with van der Waals surface area (Å²) >= 11 is 0. The maximum atomic E-state index is 11.7. The van der Waals surface area contributed by atoms with E-state index in [1.54, 1.807) is 12.1 Å². The second-order valence-electron chi connectivity index (χ2n) is 6.49. The zero-order chi connectivity index (χ0) is 19.6. The van der Waals surface area contributed by atoms with Gasteiger partial charge in [-0.05, 0) is 47.6 Å². The Hall–Kier alpha value is -3.33. The standard InChI is InChI=1S/C21H23N3O3/c1-15(13-20(25)23-12-11-22)5-6-16-3-2-4-18(14-16)17-7-9-19(10-8-17)24-21(26)27/h2-4,7-10,14-15,24H,5-6,12-13H2,1H3,(H,23,25)(H,26,27). The van der Waals surface area contributed by atoms with Crippen molar-refractivity contribution in [3.8, 4) is 17.2 Å². The molecule has 0 bridgehead atoms. The van der Waals surface area contributed by atoms with Crippen LogP contribution in [0.1, 0.15) is 25.3 Å². The van der Waals surface area contributed by atoms with Crippen LogP contribution in [-0.2, 0) is 11.2 Å². The zero-order valence-electron chi connectivity index (χ0n) is 15.2. The molecule has 140 valence electrons. The van der Waals surface area contributed by atoms with Crippen molar-refractivity contribution in [3.63, 3.8) is 0 Å². The van der Waals surface area contributed by atoms with Crippen LogP contribution in [0, 0.1) is 17.2 Å². The first-order valence-corrected chi connectivity index (χ1v) is 8.81. The summed E-state index contributed by atoms with van der Waals surface area (Å²) in [5.74, 6) is 0.140. The summed E-state index contributed by atoms with van der Waals surface area (Å²) in [6, 6.07) is 17.3. The third-order valence-electron chi connectivity index (χ3n) is 4.22. The van der Waals surface area contributed by atoms with Crippen molar-refractivity contribution in [2.75, 3.05) is 11.9 Å². The van der Waals surface area contributed by atoms with E-state index in [9.17, 15) is 9.59 Å². The predicted molar refractivity (Wildman–Crippen MR) is 104 cm³/mol. The van der Waals surface area contributed by atoms with Gasteiger partial charge in [-0.2, -0.15) is 5.26 Å². The third-order valence-corrected chi connectivity index (χ3v) is 4.22. The highest BCUT2D eigenvalue weighted by atomic mass is 16.4. The van der Waals surface area contributed by atoms with Crippen molar-refractivity contribution in [1.29, 1.82) is 5.26 Å². The monoisotopic (exact) mass is 365 g/mol. The summed E-state index contributed by atoms with van der Waals surface area (Å²) in [6.45, 7) is 2.08. The molecule has 2 aromatic rings. The Bertz CT molecular complexity index is 825. The van der Waals surface area contributed by atoms with Gasteiger partial charge in [-0.3, -0.25) is 10.1 Å². The molecule has 0 aliphatic heterocycles. The molecule has 0 radical (unpaired) electrons. The number of nitriles is 1. The van der Waals surface area contributed by atoms with Crippen LogP contribution >= 0.6 is 0 Å². The maximum Gasteiger partial charge on any atom is 0.409 e. The lowest BCUT2D eigenvalue weighted by atomic mass is 9.95. The second-order valence-corrected chi connectivity index (χ2v) is 6.49. The molecule has 0 spiro atoms. The number of nitrogens with zero attached hydrogens (tertiary/aromatic N) is 1. The van der Waals surface area contributed by atoms with Gasteiger partial charge < -0.3 is 10.4 Å². The quantitative estimate of drug-likeness (QED) is 0.614. The summed E-state index contributed by atoms with van der Waals surface area (Å²) < 4.78 is 0. The Labute approximate surface area is 158 Å². The van der Waals surface area contributed by atoms with Gasteiger partial charge in [0, 0.05) is 12.1 Å². The van der Waals surface area contributed by atoms with Gasteiger partial charge in [0.05, 0.1) is 6.07 Å². The fourth-order valence-electron chi connectivity index (χ4n) is 2.82. The Morgan fingerprint density at radius 1 is 1.15 bits per heavy atom. The Kier molecular flexibility index (Phi) is 7.38. The number of aryl methyl sites for hydroxylation is 1. The van der Waals surface area contributed by atoms with Crippen LogP contribution in [-0.4, -0.2) is 23.7 Å². The molecule has 3 N–H and O–H groups in total. The first-order valence-electron chi connectivity index (χ1n) is 8.81. The average molecular weight is 365 g/mol. The molecular formula is C21H23N3O3. The van der Waals surface area contributed by atoms with Gasteiger partial charge in [0.1, 0.15) is 6.54 Å². The number of benzene rings is 2. The largest absolute Gasteiger partial charge is 0.465 e. The van der Waals surface area contributed by atoms with Crippen LogP contribution in [0.25, 0.3) is 11.1 Å². The summed E-state index contributed by atoms with van der Waals surface area (Å²) in [4.78, 5) is 22.3. The molecule has 27 heavy (non-hydrogen) atoms. The molecule has 1 unspecified atom stereocenters. The van der Waals surface area contributed by atoms with E-state index < -0.39 is 6.09 Å². The predicted octanol–water partition coefficient (Wildman–Crippen LogP) is 4.04. The van der Waals surface area contributed by atoms with E-state index in [0.29, 0.717) is 12.1 Å². The molecule has 0 aliphatic rings. The molecule has 2 amide bonds. The fourth-order valence-corrected chi connectivity index (χ4v) is 2.82. The minimum atomic E-state index is -1.08. The minimum absolute atomic E-state index is 0.0500. The van der Waals surface area contributed by atoms with E-state index in [2.05, 4.69) is 22.8 Å². The molecular weight excluding hydrogens is 342 g/mol. The van der Waals surface area contributed by atoms with E-state index in [0.717, 1.165) is 24.0 Å². The van der Waals surface area contributed by atoms with Gasteiger partial charge in [0.2, 0.25) is 5.91 Å². The molecule has 0 heterocycles. The normalized spacial score (nSPS) is 11.3. The fraction of sp³-hybridized carbons (Fsp3) is 0.286. The van der Waals surface area contributed by atoms with Crippen molar-refractivity contribution in [2.45, 2.75) is 26.2 Å². The molecule has 1 atom stereocenters. The van der Waals surface area contributed by atoms with Crippen molar-refractivity contribution >= 4 is 17.7 Å².